The summed E-state index contributed by atoms with van der Waals surface area (Å²) in [7, 11) is 0. The summed E-state index contributed by atoms with van der Waals surface area (Å²) >= 11 is 0. The lowest BCUT2D eigenvalue weighted by Gasteiger charge is -2.18. The highest BCUT2D eigenvalue weighted by molar-refractivity contribution is 5.92. The van der Waals surface area contributed by atoms with Crippen LogP contribution in [0.5, 0.6) is 0 Å². The summed E-state index contributed by atoms with van der Waals surface area (Å²) in [6, 6.07) is 6.09. The van der Waals surface area contributed by atoms with Gasteiger partial charge >= 0.3 is 0 Å². The number of carbonyl (C=O) groups is 1. The molecule has 0 saturated heterocycles. The largest absolute Gasteiger partial charge is 0.326 e. The zero-order valence-electron chi connectivity index (χ0n) is 11.8. The lowest BCUT2D eigenvalue weighted by atomic mass is 9.99. The average Bonchev–Trinajstić information content (AvgIpc) is 2.28. The van der Waals surface area contributed by atoms with E-state index in [-0.39, 0.29) is 11.4 Å². The number of para-hydroxylation sites is 1. The third-order valence-corrected chi connectivity index (χ3v) is 3.00. The normalized spacial score (nSPS) is 11.4. The second-order valence-electron chi connectivity index (χ2n) is 5.50. The highest BCUT2D eigenvalue weighted by Gasteiger charge is 2.14. The molecule has 0 unspecified atom stereocenters. The number of nitrogens with two attached hydrogens (primary N) is 1. The Kier molecular flexibility index (Phi) is 4.91. The van der Waals surface area contributed by atoms with Crippen molar-refractivity contribution in [1.82, 2.24) is 0 Å². The van der Waals surface area contributed by atoms with Crippen LogP contribution in [0.3, 0.4) is 0 Å². The molecule has 0 saturated carbocycles. The van der Waals surface area contributed by atoms with Crippen LogP contribution in [0.15, 0.2) is 18.2 Å². The van der Waals surface area contributed by atoms with Gasteiger partial charge in [0.25, 0.3) is 0 Å². The van der Waals surface area contributed by atoms with Gasteiger partial charge in [-0.3, -0.25) is 4.79 Å². The molecule has 100 valence electrons. The molecule has 0 atom stereocenters. The van der Waals surface area contributed by atoms with Crippen molar-refractivity contribution in [2.24, 2.45) is 5.73 Å². The molecule has 0 fully saturated rings. The minimum atomic E-state index is -0.295. The quantitative estimate of drug-likeness (QED) is 0.841. The molecule has 3 heteroatoms. The molecule has 1 rings (SSSR count). The fourth-order valence-corrected chi connectivity index (χ4v) is 1.84. The SMILES string of the molecule is CCc1cccc(C)c1NC(=O)CCC(C)(C)N. The van der Waals surface area contributed by atoms with E-state index in [4.69, 9.17) is 5.73 Å². The van der Waals surface area contributed by atoms with Gasteiger partial charge in [-0.2, -0.15) is 0 Å². The monoisotopic (exact) mass is 248 g/mol. The van der Waals surface area contributed by atoms with Crippen LogP contribution < -0.4 is 11.1 Å². The number of anilines is 1. The van der Waals surface area contributed by atoms with Gasteiger partial charge in [-0.25, -0.2) is 0 Å². The predicted octanol–water partition coefficient (Wildman–Crippen LogP) is 3.01. The van der Waals surface area contributed by atoms with Gasteiger partial charge in [-0.1, -0.05) is 25.1 Å². The number of carbonyl (C=O) groups excluding carboxylic acids is 1. The molecule has 1 amide bonds. The predicted molar refractivity (Wildman–Crippen MR) is 76.7 cm³/mol. The van der Waals surface area contributed by atoms with E-state index in [1.165, 1.54) is 5.56 Å². The van der Waals surface area contributed by atoms with Gasteiger partial charge < -0.3 is 11.1 Å². The molecule has 0 bridgehead atoms. The number of hydrogen-bond acceptors (Lipinski definition) is 2. The summed E-state index contributed by atoms with van der Waals surface area (Å²) in [6.07, 6.45) is 2.06. The van der Waals surface area contributed by atoms with Crippen molar-refractivity contribution >= 4 is 11.6 Å². The Balaban J connectivity index is 2.70. The number of amides is 1. The van der Waals surface area contributed by atoms with Gasteiger partial charge in [0.05, 0.1) is 0 Å². The van der Waals surface area contributed by atoms with Crippen molar-refractivity contribution in [3.05, 3.63) is 29.3 Å². The van der Waals surface area contributed by atoms with E-state index >= 15 is 0 Å². The van der Waals surface area contributed by atoms with Crippen molar-refractivity contribution in [2.45, 2.75) is 52.5 Å². The molecule has 18 heavy (non-hydrogen) atoms. The number of hydrogen-bond donors (Lipinski definition) is 2. The van der Waals surface area contributed by atoms with Crippen LogP contribution in [0.25, 0.3) is 0 Å². The Hall–Kier alpha value is -1.35. The zero-order valence-corrected chi connectivity index (χ0v) is 11.8. The fourth-order valence-electron chi connectivity index (χ4n) is 1.84. The Morgan fingerprint density at radius 2 is 2.06 bits per heavy atom. The number of aryl methyl sites for hydroxylation is 2. The van der Waals surface area contributed by atoms with Crippen LogP contribution >= 0.6 is 0 Å². The second kappa shape index (κ2) is 6.01. The Morgan fingerprint density at radius 3 is 2.61 bits per heavy atom. The fraction of sp³-hybridized carbons (Fsp3) is 0.533. The lowest BCUT2D eigenvalue weighted by Crippen LogP contribution is -2.33. The molecule has 3 N–H and O–H groups in total. The first-order valence-electron chi connectivity index (χ1n) is 6.50. The molecular formula is C15H24N2O. The maximum absolute atomic E-state index is 11.9. The van der Waals surface area contributed by atoms with Crippen molar-refractivity contribution < 1.29 is 4.79 Å². The molecule has 3 nitrogen and oxygen atoms in total. The van der Waals surface area contributed by atoms with E-state index in [0.717, 1.165) is 17.7 Å². The first kappa shape index (κ1) is 14.7. The van der Waals surface area contributed by atoms with Gasteiger partial charge in [0, 0.05) is 17.6 Å². The molecule has 0 aromatic heterocycles. The minimum absolute atomic E-state index is 0.0394. The van der Waals surface area contributed by atoms with Crippen LogP contribution in [0.1, 0.15) is 44.7 Å². The lowest BCUT2D eigenvalue weighted by molar-refractivity contribution is -0.116. The third-order valence-electron chi connectivity index (χ3n) is 3.00. The molecular weight excluding hydrogens is 224 g/mol. The van der Waals surface area contributed by atoms with Gasteiger partial charge in [-0.05, 0) is 44.7 Å². The molecule has 1 aromatic carbocycles. The molecule has 1 aromatic rings. The molecule has 0 aliphatic carbocycles. The van der Waals surface area contributed by atoms with E-state index in [0.29, 0.717) is 12.8 Å². The standard InChI is InChI=1S/C15H24N2O/c1-5-12-8-6-7-11(2)14(12)17-13(18)9-10-15(3,4)16/h6-8H,5,9-10,16H2,1-4H3,(H,17,18). The highest BCUT2D eigenvalue weighted by Crippen LogP contribution is 2.21. The van der Waals surface area contributed by atoms with Gasteiger partial charge in [-0.15, -0.1) is 0 Å². The molecule has 0 aliphatic heterocycles. The number of nitrogens with one attached hydrogen (secondary N) is 1. The zero-order chi connectivity index (χ0) is 13.8. The Bertz CT molecular complexity index is 419. The van der Waals surface area contributed by atoms with E-state index in [1.807, 2.05) is 32.9 Å². The smallest absolute Gasteiger partial charge is 0.224 e. The number of rotatable bonds is 5. The third kappa shape index (κ3) is 4.49. The second-order valence-corrected chi connectivity index (χ2v) is 5.50. The maximum Gasteiger partial charge on any atom is 0.224 e. The Labute approximate surface area is 110 Å². The molecule has 0 spiro atoms. The first-order valence-corrected chi connectivity index (χ1v) is 6.50. The van der Waals surface area contributed by atoms with E-state index in [2.05, 4.69) is 18.3 Å². The minimum Gasteiger partial charge on any atom is -0.326 e. The van der Waals surface area contributed by atoms with E-state index in [1.54, 1.807) is 0 Å². The molecule has 0 heterocycles. The van der Waals surface area contributed by atoms with E-state index in [9.17, 15) is 4.79 Å². The summed E-state index contributed by atoms with van der Waals surface area (Å²) in [5, 5.41) is 3.01. The molecule has 0 radical (unpaired) electrons. The van der Waals surface area contributed by atoms with Gasteiger partial charge in [0.2, 0.25) is 5.91 Å². The van der Waals surface area contributed by atoms with E-state index < -0.39 is 0 Å². The average molecular weight is 248 g/mol. The summed E-state index contributed by atoms with van der Waals surface area (Å²) in [4.78, 5) is 11.9. The van der Waals surface area contributed by atoms with Crippen molar-refractivity contribution in [1.29, 1.82) is 0 Å². The summed E-state index contributed by atoms with van der Waals surface area (Å²) in [6.45, 7) is 7.98. The van der Waals surface area contributed by atoms with Gasteiger partial charge in [0.1, 0.15) is 0 Å². The summed E-state index contributed by atoms with van der Waals surface area (Å²) < 4.78 is 0. The number of benzene rings is 1. The van der Waals surface area contributed by atoms with Crippen molar-refractivity contribution in [3.63, 3.8) is 0 Å². The van der Waals surface area contributed by atoms with Crippen LogP contribution in [-0.2, 0) is 11.2 Å². The Morgan fingerprint density at radius 1 is 1.39 bits per heavy atom. The first-order chi connectivity index (χ1) is 8.33. The maximum atomic E-state index is 11.9. The van der Waals surface area contributed by atoms with Crippen LogP contribution in [0, 0.1) is 6.92 Å². The highest BCUT2D eigenvalue weighted by atomic mass is 16.1. The van der Waals surface area contributed by atoms with Gasteiger partial charge in [0.15, 0.2) is 0 Å². The van der Waals surface area contributed by atoms with Crippen molar-refractivity contribution in [3.8, 4) is 0 Å². The molecule has 0 aliphatic rings. The van der Waals surface area contributed by atoms with Crippen molar-refractivity contribution in [2.75, 3.05) is 5.32 Å². The van der Waals surface area contributed by atoms with Crippen LogP contribution in [0.2, 0.25) is 0 Å². The topological polar surface area (TPSA) is 55.1 Å². The van der Waals surface area contributed by atoms with Crippen LogP contribution in [0.4, 0.5) is 5.69 Å². The van der Waals surface area contributed by atoms with Crippen LogP contribution in [-0.4, -0.2) is 11.4 Å². The summed E-state index contributed by atoms with van der Waals surface area (Å²) in [5.41, 5.74) is 8.83. The summed E-state index contributed by atoms with van der Waals surface area (Å²) in [5.74, 6) is 0.0394.